The molecule has 7 nitrogen and oxygen atoms in total. The van der Waals surface area contributed by atoms with E-state index in [1.165, 1.54) is 0 Å². The molecule has 0 unspecified atom stereocenters. The maximum absolute atomic E-state index is 12.9. The second-order valence-corrected chi connectivity index (χ2v) is 9.59. The van der Waals surface area contributed by atoms with Crippen molar-refractivity contribution in [3.8, 4) is 0 Å². The van der Waals surface area contributed by atoms with Crippen molar-refractivity contribution in [2.45, 2.75) is 63.8 Å². The lowest BCUT2D eigenvalue weighted by atomic mass is 10.2. The molecule has 1 aliphatic heterocycles. The van der Waals surface area contributed by atoms with Crippen molar-refractivity contribution >= 4 is 27.0 Å². The zero-order valence-electron chi connectivity index (χ0n) is 17.9. The number of imidazole rings is 1. The van der Waals surface area contributed by atoms with Crippen LogP contribution in [-0.2, 0) is 27.8 Å². The summed E-state index contributed by atoms with van der Waals surface area (Å²) in [6.45, 7) is 6.63. The molecule has 1 aromatic heterocycles. The van der Waals surface area contributed by atoms with Crippen LogP contribution in [-0.4, -0.2) is 47.8 Å². The van der Waals surface area contributed by atoms with Gasteiger partial charge in [0.1, 0.15) is 5.82 Å². The Kier molecular flexibility index (Phi) is 7.66. The summed E-state index contributed by atoms with van der Waals surface area (Å²) >= 11 is 0. The van der Waals surface area contributed by atoms with Crippen molar-refractivity contribution in [3.63, 3.8) is 0 Å². The van der Waals surface area contributed by atoms with Gasteiger partial charge in [0.05, 0.1) is 15.9 Å². The predicted molar refractivity (Wildman–Crippen MR) is 119 cm³/mol. The average Bonchev–Trinajstić information content (AvgIpc) is 3.39. The molecule has 3 rings (SSSR count). The number of fused-ring (bicyclic) bond motifs is 1. The summed E-state index contributed by atoms with van der Waals surface area (Å²) < 4.78 is 29.4. The molecule has 0 spiro atoms. The summed E-state index contributed by atoms with van der Waals surface area (Å²) in [7, 11) is -3.47. The van der Waals surface area contributed by atoms with E-state index in [1.807, 2.05) is 25.1 Å². The third-order valence-corrected chi connectivity index (χ3v) is 7.29. The highest BCUT2D eigenvalue weighted by Gasteiger charge is 2.27. The summed E-state index contributed by atoms with van der Waals surface area (Å²) in [5, 5.41) is 2.92. The summed E-state index contributed by atoms with van der Waals surface area (Å²) in [5.41, 5.74) is 1.59. The summed E-state index contributed by atoms with van der Waals surface area (Å²) in [5.74, 6) is 0.832. The highest BCUT2D eigenvalue weighted by atomic mass is 32.2. The highest BCUT2D eigenvalue weighted by molar-refractivity contribution is 7.89. The highest BCUT2D eigenvalue weighted by Crippen LogP contribution is 2.25. The van der Waals surface area contributed by atoms with Crippen molar-refractivity contribution < 1.29 is 13.2 Å². The fraction of sp³-hybridized carbons (Fsp3) is 0.545. The van der Waals surface area contributed by atoms with E-state index < -0.39 is 10.0 Å². The molecule has 8 heteroatoms. The van der Waals surface area contributed by atoms with E-state index in [-0.39, 0.29) is 5.91 Å². The van der Waals surface area contributed by atoms with Crippen LogP contribution in [0.1, 0.15) is 51.8 Å². The first-order valence-corrected chi connectivity index (χ1v) is 12.3. The number of hydrogen-bond acceptors (Lipinski definition) is 4. The third-order valence-electron chi connectivity index (χ3n) is 5.39. The first kappa shape index (κ1) is 22.5. The van der Waals surface area contributed by atoms with Crippen LogP contribution in [0.4, 0.5) is 0 Å². The van der Waals surface area contributed by atoms with E-state index in [2.05, 4.69) is 16.8 Å². The van der Waals surface area contributed by atoms with E-state index in [9.17, 15) is 13.2 Å². The van der Waals surface area contributed by atoms with Crippen LogP contribution < -0.4 is 5.32 Å². The van der Waals surface area contributed by atoms with Crippen molar-refractivity contribution in [3.05, 3.63) is 36.2 Å². The van der Waals surface area contributed by atoms with Crippen LogP contribution >= 0.6 is 0 Å². The van der Waals surface area contributed by atoms with Gasteiger partial charge in [-0.25, -0.2) is 13.4 Å². The Bertz CT molecular complexity index is 1000. The van der Waals surface area contributed by atoms with Gasteiger partial charge in [-0.15, -0.1) is 0 Å². The van der Waals surface area contributed by atoms with Crippen molar-refractivity contribution in [2.75, 3.05) is 19.6 Å². The largest absolute Gasteiger partial charge is 0.356 e. The van der Waals surface area contributed by atoms with E-state index in [1.54, 1.807) is 16.4 Å². The van der Waals surface area contributed by atoms with Crippen LogP contribution in [0.3, 0.4) is 0 Å². The number of carbonyl (C=O) groups is 1. The van der Waals surface area contributed by atoms with Gasteiger partial charge < -0.3 is 9.88 Å². The Labute approximate surface area is 179 Å². The molecule has 164 valence electrons. The van der Waals surface area contributed by atoms with E-state index in [0.29, 0.717) is 42.9 Å². The van der Waals surface area contributed by atoms with Crippen molar-refractivity contribution in [2.24, 2.45) is 0 Å². The predicted octanol–water partition coefficient (Wildman–Crippen LogP) is 3.25. The topological polar surface area (TPSA) is 84.3 Å². The first-order valence-electron chi connectivity index (χ1n) is 10.8. The summed E-state index contributed by atoms with van der Waals surface area (Å²) in [6.07, 6.45) is 8.46. The molecule has 2 aromatic rings. The zero-order valence-corrected chi connectivity index (χ0v) is 18.7. The monoisotopic (exact) mass is 432 g/mol. The van der Waals surface area contributed by atoms with Gasteiger partial charge in [-0.3, -0.25) is 4.79 Å². The Hall–Kier alpha value is -2.19. The van der Waals surface area contributed by atoms with Crippen LogP contribution in [0, 0.1) is 0 Å². The lowest BCUT2D eigenvalue weighted by Crippen LogP contribution is -2.27. The zero-order chi connectivity index (χ0) is 21.6. The van der Waals surface area contributed by atoms with E-state index in [4.69, 9.17) is 4.98 Å². The minimum absolute atomic E-state index is 0.00640. The molecule has 1 fully saturated rings. The molecule has 1 saturated heterocycles. The fourth-order valence-corrected chi connectivity index (χ4v) is 5.37. The standard InChI is InChI=1S/C22H32N4O3S/c1-3-5-6-13-23-22(27)12-11-21-24-19-17-18(9-10-20(19)26(21)14-4-2)30(28,29)25-15-7-8-16-25/h3,5,9-10,17H,4,6-8,11-16H2,1-2H3,(H,23,27)/b5-3+. The molecule has 30 heavy (non-hydrogen) atoms. The molecule has 0 saturated carbocycles. The number of aryl methyl sites for hydroxylation is 2. The van der Waals surface area contributed by atoms with Gasteiger partial charge >= 0.3 is 0 Å². The van der Waals surface area contributed by atoms with E-state index in [0.717, 1.165) is 43.6 Å². The molecule has 1 amide bonds. The molecular weight excluding hydrogens is 400 g/mol. The second kappa shape index (κ2) is 10.2. The van der Waals surface area contributed by atoms with Gasteiger partial charge in [-0.2, -0.15) is 4.31 Å². The van der Waals surface area contributed by atoms with Crippen LogP contribution in [0.2, 0.25) is 0 Å². The minimum Gasteiger partial charge on any atom is -0.356 e. The quantitative estimate of drug-likeness (QED) is 0.461. The number of rotatable bonds is 10. The molecule has 0 bridgehead atoms. The third kappa shape index (κ3) is 5.10. The number of amides is 1. The van der Waals surface area contributed by atoms with Gasteiger partial charge in [0.15, 0.2) is 0 Å². The molecule has 1 aliphatic rings. The number of benzene rings is 1. The lowest BCUT2D eigenvalue weighted by molar-refractivity contribution is -0.121. The van der Waals surface area contributed by atoms with Gasteiger partial charge in [-0.1, -0.05) is 19.1 Å². The fourth-order valence-electron chi connectivity index (χ4n) is 3.84. The maximum Gasteiger partial charge on any atom is 0.243 e. The second-order valence-electron chi connectivity index (χ2n) is 7.65. The molecular formula is C22H32N4O3S. The molecule has 0 radical (unpaired) electrons. The molecule has 0 aliphatic carbocycles. The molecule has 1 N–H and O–H groups in total. The molecule has 0 atom stereocenters. The Morgan fingerprint density at radius 1 is 1.27 bits per heavy atom. The lowest BCUT2D eigenvalue weighted by Gasteiger charge is -2.15. The number of aromatic nitrogens is 2. The van der Waals surface area contributed by atoms with Gasteiger partial charge in [0, 0.05) is 39.0 Å². The Morgan fingerprint density at radius 2 is 2.03 bits per heavy atom. The van der Waals surface area contributed by atoms with E-state index >= 15 is 0 Å². The van der Waals surface area contributed by atoms with Crippen molar-refractivity contribution in [1.29, 1.82) is 0 Å². The number of sulfonamides is 1. The minimum atomic E-state index is -3.47. The van der Waals surface area contributed by atoms with Crippen molar-refractivity contribution in [1.82, 2.24) is 19.2 Å². The number of nitrogens with zero attached hydrogens (tertiary/aromatic N) is 3. The summed E-state index contributed by atoms with van der Waals surface area (Å²) in [6, 6.07) is 5.21. The SMILES string of the molecule is C/C=C/CCNC(=O)CCc1nc2cc(S(=O)(=O)N3CCCC3)ccc2n1CCC. The number of nitrogens with one attached hydrogen (secondary N) is 1. The Balaban J connectivity index is 1.79. The molecule has 2 heterocycles. The first-order chi connectivity index (χ1) is 14.5. The number of carbonyl (C=O) groups excluding carboxylic acids is 1. The number of allylic oxidation sites excluding steroid dienone is 1. The van der Waals surface area contributed by atoms with Crippen LogP contribution in [0.5, 0.6) is 0 Å². The Morgan fingerprint density at radius 3 is 2.73 bits per heavy atom. The maximum atomic E-state index is 12.9. The van der Waals surface area contributed by atoms with Gasteiger partial charge in [0.25, 0.3) is 0 Å². The van der Waals surface area contributed by atoms with Gasteiger partial charge in [0.2, 0.25) is 15.9 Å². The van der Waals surface area contributed by atoms with Crippen LogP contribution in [0.15, 0.2) is 35.2 Å². The normalized spacial score (nSPS) is 15.4. The van der Waals surface area contributed by atoms with Crippen LogP contribution in [0.25, 0.3) is 11.0 Å². The number of hydrogen-bond donors (Lipinski definition) is 1. The van der Waals surface area contributed by atoms with Gasteiger partial charge in [-0.05, 0) is 50.8 Å². The smallest absolute Gasteiger partial charge is 0.243 e. The molecule has 1 aromatic carbocycles. The summed E-state index contributed by atoms with van der Waals surface area (Å²) in [4.78, 5) is 17.1. The average molecular weight is 433 g/mol.